The molecule has 5 rings (SSSR count). The second-order valence-electron chi connectivity index (χ2n) is 9.74. The smallest absolute Gasteiger partial charge is 0.416 e. The molecular weight excluding hydrogens is 539 g/mol. The predicted octanol–water partition coefficient (Wildman–Crippen LogP) is 5.98. The van der Waals surface area contributed by atoms with Crippen LogP contribution in [0.3, 0.4) is 0 Å². The molecule has 0 radical (unpaired) electrons. The highest BCUT2D eigenvalue weighted by Gasteiger charge is 2.36. The van der Waals surface area contributed by atoms with Crippen LogP contribution in [0.2, 0.25) is 10.0 Å². The molecule has 1 amide bonds. The number of H-pyrrole nitrogens is 1. The van der Waals surface area contributed by atoms with Gasteiger partial charge in [-0.25, -0.2) is 4.79 Å². The lowest BCUT2D eigenvalue weighted by Gasteiger charge is -2.34. The van der Waals surface area contributed by atoms with Crippen LogP contribution >= 0.6 is 23.2 Å². The van der Waals surface area contributed by atoms with Crippen molar-refractivity contribution in [2.24, 2.45) is 5.41 Å². The Balaban J connectivity index is 1.47. The Morgan fingerprint density at radius 2 is 1.82 bits per heavy atom. The maximum absolute atomic E-state index is 13.4. The second kappa shape index (κ2) is 11.4. The van der Waals surface area contributed by atoms with Crippen LogP contribution in [0.4, 0.5) is 4.79 Å². The number of halogens is 2. The van der Waals surface area contributed by atoms with Gasteiger partial charge < -0.3 is 24.7 Å². The summed E-state index contributed by atoms with van der Waals surface area (Å²) in [5, 5.41) is 21.6. The van der Waals surface area contributed by atoms with Crippen molar-refractivity contribution >= 4 is 40.2 Å². The van der Waals surface area contributed by atoms with E-state index in [9.17, 15) is 15.0 Å². The summed E-state index contributed by atoms with van der Waals surface area (Å²) >= 11 is 12.3. The van der Waals surface area contributed by atoms with E-state index in [0.717, 1.165) is 22.2 Å². The lowest BCUT2D eigenvalue weighted by molar-refractivity contribution is 0.0114. The van der Waals surface area contributed by atoms with E-state index in [1.54, 1.807) is 35.2 Å². The number of carbonyl (C=O) groups is 1. The number of benzene rings is 2. The highest BCUT2D eigenvalue weighted by Crippen LogP contribution is 2.39. The highest BCUT2D eigenvalue weighted by atomic mass is 35.5. The minimum Gasteiger partial charge on any atom is -0.485 e. The molecule has 202 valence electrons. The molecule has 0 saturated carbocycles. The first kappa shape index (κ1) is 27.2. The lowest BCUT2D eigenvalue weighted by Crippen LogP contribution is -2.42. The van der Waals surface area contributed by atoms with Crippen molar-refractivity contribution in [1.29, 1.82) is 0 Å². The Morgan fingerprint density at radius 1 is 1.08 bits per heavy atom. The number of aromatic amines is 1. The van der Waals surface area contributed by atoms with Crippen molar-refractivity contribution in [3.8, 4) is 11.5 Å². The van der Waals surface area contributed by atoms with Gasteiger partial charge in [-0.05, 0) is 79.1 Å². The molecule has 0 bridgehead atoms. The van der Waals surface area contributed by atoms with Gasteiger partial charge in [0.25, 0.3) is 0 Å². The summed E-state index contributed by atoms with van der Waals surface area (Å²) in [4.78, 5) is 18.6. The number of ether oxygens (including phenoxy) is 2. The van der Waals surface area contributed by atoms with Crippen LogP contribution in [-0.4, -0.2) is 52.6 Å². The van der Waals surface area contributed by atoms with Gasteiger partial charge in [0, 0.05) is 38.8 Å². The Hall–Kier alpha value is -3.41. The largest absolute Gasteiger partial charge is 0.485 e. The Labute approximate surface area is 236 Å². The molecule has 3 aromatic carbocycles. The molecule has 9 heteroatoms. The van der Waals surface area contributed by atoms with Gasteiger partial charge >= 0.3 is 6.09 Å². The quantitative estimate of drug-likeness (QED) is 0.244. The van der Waals surface area contributed by atoms with Crippen molar-refractivity contribution in [3.05, 3.63) is 93.6 Å². The Kier molecular flexibility index (Phi) is 7.92. The fourth-order valence-electron chi connectivity index (χ4n) is 4.77. The van der Waals surface area contributed by atoms with Crippen LogP contribution in [-0.2, 0) is 6.42 Å². The summed E-state index contributed by atoms with van der Waals surface area (Å²) < 4.78 is 11.5. The van der Waals surface area contributed by atoms with E-state index in [1.165, 1.54) is 0 Å². The van der Waals surface area contributed by atoms with E-state index in [0.29, 0.717) is 46.5 Å². The topological polar surface area (TPSA) is 95.0 Å². The number of carbonyl (C=O) groups excluding carboxylic acids is 1. The second-order valence-corrected chi connectivity index (χ2v) is 10.6. The minimum atomic E-state index is -0.737. The van der Waals surface area contributed by atoms with E-state index in [4.69, 9.17) is 32.7 Å². The van der Waals surface area contributed by atoms with Crippen molar-refractivity contribution in [2.45, 2.75) is 25.8 Å². The molecule has 3 N–H and O–H groups in total. The molecule has 2 heterocycles. The first-order valence-corrected chi connectivity index (χ1v) is 13.4. The number of nitrogens with zero attached hydrogens (tertiary/aromatic N) is 1. The number of amides is 1. The van der Waals surface area contributed by atoms with Crippen LogP contribution in [0.1, 0.15) is 36.2 Å². The summed E-state index contributed by atoms with van der Waals surface area (Å²) in [5.41, 5.74) is 2.82. The zero-order valence-electron chi connectivity index (χ0n) is 21.3. The standard InChI is InChI=1S/C30H28Cl2N2O5/c1-2-30(16-35,17-36)18-38-22-8-3-19(4-9-22)28-27-24(25-15-21(32)7-12-26(25)33-27)13-14-34(28)29(37)39-23-10-5-20(31)6-11-23/h3,5-8,10-12,15,28,33,35-36H,2,13-14,16-18H2,1H3. The first-order chi connectivity index (χ1) is 18.9. The van der Waals surface area contributed by atoms with E-state index < -0.39 is 17.6 Å². The van der Waals surface area contributed by atoms with E-state index in [1.807, 2.05) is 31.2 Å². The number of aromatic nitrogens is 1. The van der Waals surface area contributed by atoms with Gasteiger partial charge in [-0.3, -0.25) is 4.90 Å². The number of fused-ring (bicyclic) bond motifs is 3. The minimum absolute atomic E-state index is 0.135. The molecule has 1 unspecified atom stereocenters. The van der Waals surface area contributed by atoms with Gasteiger partial charge in [0.1, 0.15) is 11.8 Å². The zero-order chi connectivity index (χ0) is 27.6. The summed E-state index contributed by atoms with van der Waals surface area (Å²) in [5.74, 6) is 0.817. The average molecular weight is 567 g/mol. The Morgan fingerprint density at radius 3 is 2.49 bits per heavy atom. The van der Waals surface area contributed by atoms with Gasteiger partial charge in [-0.2, -0.15) is 0 Å². The monoisotopic (exact) mass is 566 g/mol. The summed E-state index contributed by atoms with van der Waals surface area (Å²) in [6.45, 7) is 2.06. The van der Waals surface area contributed by atoms with Crippen molar-refractivity contribution in [3.63, 3.8) is 0 Å². The molecule has 0 fully saturated rings. The lowest BCUT2D eigenvalue weighted by atomic mass is 9.88. The van der Waals surface area contributed by atoms with E-state index >= 15 is 0 Å². The van der Waals surface area contributed by atoms with Gasteiger partial charge in [0.05, 0.1) is 25.2 Å². The third-order valence-corrected chi connectivity index (χ3v) is 7.82. The number of rotatable bonds is 8. The van der Waals surface area contributed by atoms with Crippen molar-refractivity contribution < 1.29 is 24.5 Å². The molecule has 1 atom stereocenters. The molecule has 0 aliphatic carbocycles. The Bertz CT molecular complexity index is 1440. The normalized spacial score (nSPS) is 15.1. The van der Waals surface area contributed by atoms with Crippen molar-refractivity contribution in [2.75, 3.05) is 26.4 Å². The molecule has 1 aliphatic heterocycles. The van der Waals surface area contributed by atoms with Crippen LogP contribution in [0.25, 0.3) is 10.9 Å². The van der Waals surface area contributed by atoms with E-state index in [2.05, 4.69) is 17.1 Å². The molecule has 0 spiro atoms. The SMILES string of the molecule is CCC(CO)(CO)COc1c#cc(C2c3[nH]c4ccc(Cl)cc4c3CCN2C(=O)Oc2ccc(Cl)cc2)cc1. The molecule has 39 heavy (non-hydrogen) atoms. The van der Waals surface area contributed by atoms with Crippen LogP contribution in [0, 0.1) is 17.5 Å². The fourth-order valence-corrected chi connectivity index (χ4v) is 5.07. The van der Waals surface area contributed by atoms with E-state index in [-0.39, 0.29) is 19.8 Å². The number of nitrogens with one attached hydrogen (secondary N) is 1. The molecule has 1 aliphatic rings. The zero-order valence-corrected chi connectivity index (χ0v) is 22.9. The van der Waals surface area contributed by atoms with Crippen LogP contribution in [0.15, 0.2) is 54.6 Å². The van der Waals surface area contributed by atoms with Gasteiger partial charge in [-0.1, -0.05) is 36.2 Å². The molecular formula is C30H28Cl2N2O5. The molecule has 1 aromatic heterocycles. The number of aliphatic hydroxyl groups is 2. The fraction of sp³-hybridized carbons (Fsp3) is 0.300. The van der Waals surface area contributed by atoms with Crippen molar-refractivity contribution in [1.82, 2.24) is 9.88 Å². The van der Waals surface area contributed by atoms with Crippen LogP contribution < -0.4 is 9.47 Å². The highest BCUT2D eigenvalue weighted by molar-refractivity contribution is 6.31. The number of aliphatic hydroxyl groups excluding tert-OH is 2. The summed E-state index contributed by atoms with van der Waals surface area (Å²) in [6, 6.07) is 21.6. The third kappa shape index (κ3) is 5.52. The maximum Gasteiger partial charge on any atom is 0.416 e. The van der Waals surface area contributed by atoms with Gasteiger partial charge in [0.2, 0.25) is 0 Å². The average Bonchev–Trinajstić information content (AvgIpc) is 3.33. The first-order valence-electron chi connectivity index (χ1n) is 12.7. The van der Waals surface area contributed by atoms with Crippen LogP contribution in [0.5, 0.6) is 11.5 Å². The third-order valence-electron chi connectivity index (χ3n) is 7.34. The number of hydrogen-bond acceptors (Lipinski definition) is 5. The van der Waals surface area contributed by atoms with Gasteiger partial charge in [-0.15, -0.1) is 0 Å². The molecule has 7 nitrogen and oxygen atoms in total. The maximum atomic E-state index is 13.4. The summed E-state index contributed by atoms with van der Waals surface area (Å²) in [6.07, 6.45) is 0.674. The molecule has 4 aromatic rings. The molecule has 0 saturated heterocycles. The predicted molar refractivity (Wildman–Crippen MR) is 150 cm³/mol. The number of hydrogen-bond donors (Lipinski definition) is 3. The summed E-state index contributed by atoms with van der Waals surface area (Å²) in [7, 11) is 0. The van der Waals surface area contributed by atoms with Gasteiger partial charge in [0.15, 0.2) is 5.75 Å².